The molecule has 1 aromatic rings. The zero-order valence-corrected chi connectivity index (χ0v) is 11.2. The highest BCUT2D eigenvalue weighted by atomic mass is 19.3. The van der Waals surface area contributed by atoms with E-state index < -0.39 is 5.92 Å². The minimum atomic E-state index is -2.89. The van der Waals surface area contributed by atoms with Crippen LogP contribution in [0.4, 0.5) is 8.78 Å². The largest absolute Gasteiger partial charge is 0.469 e. The molecule has 3 nitrogen and oxygen atoms in total. The van der Waals surface area contributed by atoms with Gasteiger partial charge in [0.2, 0.25) is 0 Å². The summed E-state index contributed by atoms with van der Waals surface area (Å²) >= 11 is 0. The van der Waals surface area contributed by atoms with E-state index in [2.05, 4.69) is 4.74 Å². The summed E-state index contributed by atoms with van der Waals surface area (Å²) in [4.78, 5) is 12.4. The molecule has 0 aliphatic rings. The lowest BCUT2D eigenvalue weighted by atomic mass is 10.1. The van der Waals surface area contributed by atoms with Gasteiger partial charge in [0, 0.05) is 12.0 Å². The molecule has 19 heavy (non-hydrogen) atoms. The van der Waals surface area contributed by atoms with Gasteiger partial charge in [-0.3, -0.25) is 4.79 Å². The van der Waals surface area contributed by atoms with E-state index in [4.69, 9.17) is 0 Å². The van der Waals surface area contributed by atoms with Gasteiger partial charge in [-0.1, -0.05) is 30.3 Å². The predicted molar refractivity (Wildman–Crippen MR) is 69.1 cm³/mol. The number of esters is 1. The van der Waals surface area contributed by atoms with Gasteiger partial charge in [-0.05, 0) is 20.0 Å². The van der Waals surface area contributed by atoms with Crippen LogP contribution >= 0.6 is 0 Å². The van der Waals surface area contributed by atoms with Crippen LogP contribution in [0.5, 0.6) is 0 Å². The van der Waals surface area contributed by atoms with Crippen molar-refractivity contribution in [3.05, 3.63) is 35.9 Å². The maximum absolute atomic E-state index is 13.9. The summed E-state index contributed by atoms with van der Waals surface area (Å²) in [6.45, 7) is 0.0652. The number of carbonyl (C=O) groups is 1. The monoisotopic (exact) mass is 271 g/mol. The molecule has 0 saturated heterocycles. The number of hydrogen-bond donors (Lipinski definition) is 0. The first-order valence-electron chi connectivity index (χ1n) is 6.14. The Balaban J connectivity index is 2.43. The van der Waals surface area contributed by atoms with Gasteiger partial charge in [0.05, 0.1) is 13.7 Å². The van der Waals surface area contributed by atoms with E-state index in [1.165, 1.54) is 24.1 Å². The lowest BCUT2D eigenvalue weighted by molar-refractivity contribution is -0.140. The lowest BCUT2D eigenvalue weighted by Gasteiger charge is -2.23. The van der Waals surface area contributed by atoms with Crippen LogP contribution in [0.3, 0.4) is 0 Å². The van der Waals surface area contributed by atoms with Gasteiger partial charge in [-0.15, -0.1) is 0 Å². The maximum Gasteiger partial charge on any atom is 0.305 e. The van der Waals surface area contributed by atoms with Gasteiger partial charge in [0.15, 0.2) is 0 Å². The van der Waals surface area contributed by atoms with Gasteiger partial charge < -0.3 is 9.64 Å². The van der Waals surface area contributed by atoms with Gasteiger partial charge in [0.25, 0.3) is 5.92 Å². The van der Waals surface area contributed by atoms with Gasteiger partial charge in [-0.25, -0.2) is 0 Å². The summed E-state index contributed by atoms with van der Waals surface area (Å²) in [5.41, 5.74) is 0.00909. The Morgan fingerprint density at radius 1 is 1.32 bits per heavy atom. The third-order valence-electron chi connectivity index (χ3n) is 2.81. The van der Waals surface area contributed by atoms with E-state index in [9.17, 15) is 13.6 Å². The Bertz CT molecular complexity index is 396. The topological polar surface area (TPSA) is 29.5 Å². The van der Waals surface area contributed by atoms with E-state index in [0.717, 1.165) is 0 Å². The molecule has 5 heteroatoms. The van der Waals surface area contributed by atoms with E-state index in [1.807, 2.05) is 0 Å². The number of hydrogen-bond acceptors (Lipinski definition) is 3. The summed E-state index contributed by atoms with van der Waals surface area (Å²) in [6.07, 6.45) is 0.756. The molecule has 0 bridgehead atoms. The number of benzene rings is 1. The van der Waals surface area contributed by atoms with Crippen molar-refractivity contribution in [3.63, 3.8) is 0 Å². The summed E-state index contributed by atoms with van der Waals surface area (Å²) in [5, 5.41) is 0. The summed E-state index contributed by atoms with van der Waals surface area (Å²) in [7, 11) is 2.93. The Morgan fingerprint density at radius 2 is 1.95 bits per heavy atom. The second-order valence-corrected chi connectivity index (χ2v) is 4.49. The molecule has 0 aliphatic carbocycles. The molecule has 0 unspecified atom stereocenters. The first-order valence-corrected chi connectivity index (χ1v) is 6.14. The molecule has 0 saturated carbocycles. The van der Waals surface area contributed by atoms with Gasteiger partial charge >= 0.3 is 5.97 Å². The van der Waals surface area contributed by atoms with Crippen LogP contribution in [0.25, 0.3) is 0 Å². The molecule has 0 spiro atoms. The van der Waals surface area contributed by atoms with Crippen molar-refractivity contribution >= 4 is 5.97 Å². The number of nitrogens with zero attached hydrogens (tertiary/aromatic N) is 1. The Morgan fingerprint density at radius 3 is 2.53 bits per heavy atom. The van der Waals surface area contributed by atoms with Crippen LogP contribution in [-0.2, 0) is 15.5 Å². The van der Waals surface area contributed by atoms with Crippen LogP contribution < -0.4 is 0 Å². The number of methoxy groups -OCH3 is 1. The van der Waals surface area contributed by atoms with Gasteiger partial charge in [0.1, 0.15) is 0 Å². The fraction of sp³-hybridized carbons (Fsp3) is 0.500. The first kappa shape index (κ1) is 15.6. The van der Waals surface area contributed by atoms with E-state index in [0.29, 0.717) is 13.0 Å². The number of halogens is 2. The van der Waals surface area contributed by atoms with Crippen molar-refractivity contribution in [3.8, 4) is 0 Å². The van der Waals surface area contributed by atoms with Crippen LogP contribution in [0.2, 0.25) is 0 Å². The number of alkyl halides is 2. The predicted octanol–water partition coefficient (Wildman–Crippen LogP) is 2.66. The standard InChI is InChI=1S/C14H19F2NO2/c1-17(10-6-9-13(18)19-2)11-14(15,16)12-7-4-3-5-8-12/h3-5,7-8H,6,9-11H2,1-2H3. The molecule has 0 radical (unpaired) electrons. The van der Waals surface area contributed by atoms with Crippen LogP contribution in [0.1, 0.15) is 18.4 Å². The number of ether oxygens (including phenoxy) is 1. The Hall–Kier alpha value is -1.49. The van der Waals surface area contributed by atoms with Crippen molar-refractivity contribution < 1.29 is 18.3 Å². The Kier molecular flexibility index (Phi) is 5.89. The molecule has 0 heterocycles. The molecule has 0 amide bonds. The van der Waals surface area contributed by atoms with E-state index >= 15 is 0 Å². The van der Waals surface area contributed by atoms with Crippen LogP contribution in [0, 0.1) is 0 Å². The average Bonchev–Trinajstić information content (AvgIpc) is 2.39. The molecule has 0 N–H and O–H groups in total. The van der Waals surface area contributed by atoms with E-state index in [-0.39, 0.29) is 24.5 Å². The lowest BCUT2D eigenvalue weighted by Crippen LogP contribution is -2.33. The molecular formula is C14H19F2NO2. The fourth-order valence-electron chi connectivity index (χ4n) is 1.79. The fourth-order valence-corrected chi connectivity index (χ4v) is 1.79. The maximum atomic E-state index is 13.9. The molecule has 0 aliphatic heterocycles. The number of likely N-dealkylation sites (N-methyl/N-ethyl adjacent to an activating group) is 1. The normalized spacial score (nSPS) is 11.6. The van der Waals surface area contributed by atoms with Crippen molar-refractivity contribution in [2.45, 2.75) is 18.8 Å². The van der Waals surface area contributed by atoms with Crippen LogP contribution in [-0.4, -0.2) is 38.1 Å². The van der Waals surface area contributed by atoms with Crippen LogP contribution in [0.15, 0.2) is 30.3 Å². The number of carbonyl (C=O) groups excluding carboxylic acids is 1. The minimum absolute atomic E-state index is 0.00909. The SMILES string of the molecule is COC(=O)CCCN(C)CC(F)(F)c1ccccc1. The highest BCUT2D eigenvalue weighted by molar-refractivity contribution is 5.69. The summed E-state index contributed by atoms with van der Waals surface area (Å²) in [6, 6.07) is 7.74. The first-order chi connectivity index (χ1) is 8.95. The third kappa shape index (κ3) is 5.34. The smallest absolute Gasteiger partial charge is 0.305 e. The summed E-state index contributed by atoms with van der Waals surface area (Å²) in [5.74, 6) is -3.20. The second kappa shape index (κ2) is 7.19. The second-order valence-electron chi connectivity index (χ2n) is 4.49. The molecule has 0 aromatic heterocycles. The Labute approximate surface area is 112 Å². The van der Waals surface area contributed by atoms with Crippen molar-refractivity contribution in [2.24, 2.45) is 0 Å². The molecule has 0 fully saturated rings. The quantitative estimate of drug-likeness (QED) is 0.714. The average molecular weight is 271 g/mol. The highest BCUT2D eigenvalue weighted by Crippen LogP contribution is 2.28. The molecule has 106 valence electrons. The van der Waals surface area contributed by atoms with Crippen molar-refractivity contribution in [1.82, 2.24) is 4.90 Å². The van der Waals surface area contributed by atoms with Crippen molar-refractivity contribution in [2.75, 3.05) is 27.2 Å². The number of rotatable bonds is 7. The third-order valence-corrected chi connectivity index (χ3v) is 2.81. The summed E-state index contributed by atoms with van der Waals surface area (Å²) < 4.78 is 32.3. The highest BCUT2D eigenvalue weighted by Gasteiger charge is 2.32. The molecule has 1 rings (SSSR count). The van der Waals surface area contributed by atoms with E-state index in [1.54, 1.807) is 25.2 Å². The molecular weight excluding hydrogens is 252 g/mol. The van der Waals surface area contributed by atoms with Crippen molar-refractivity contribution in [1.29, 1.82) is 0 Å². The molecule has 1 aromatic carbocycles. The zero-order chi connectivity index (χ0) is 14.3. The van der Waals surface area contributed by atoms with Gasteiger partial charge in [-0.2, -0.15) is 8.78 Å². The molecule has 0 atom stereocenters. The zero-order valence-electron chi connectivity index (χ0n) is 11.2. The minimum Gasteiger partial charge on any atom is -0.469 e.